The first-order valence-corrected chi connectivity index (χ1v) is 10.9. The molecule has 10 heteroatoms. The Labute approximate surface area is 202 Å². The molecule has 0 saturated carbocycles. The predicted octanol–water partition coefficient (Wildman–Crippen LogP) is 3.94. The Kier molecular flexibility index (Phi) is 7.75. The van der Waals surface area contributed by atoms with Gasteiger partial charge in [0.25, 0.3) is 5.69 Å². The fourth-order valence-electron chi connectivity index (χ4n) is 3.42. The molecule has 0 aromatic heterocycles. The highest BCUT2D eigenvalue weighted by Gasteiger charge is 2.33. The molecule has 0 fully saturated rings. The number of carbonyl (C=O) groups is 2. The molecular formula is C24H24N4O5S. The van der Waals surface area contributed by atoms with Gasteiger partial charge in [-0.05, 0) is 67.5 Å². The number of non-ortho nitro benzene ring substituents is 1. The largest absolute Gasteiger partial charge is 0.463 e. The van der Waals surface area contributed by atoms with Crippen molar-refractivity contribution < 1.29 is 19.2 Å². The molecule has 0 saturated heterocycles. The van der Waals surface area contributed by atoms with Gasteiger partial charge in [0.05, 0.1) is 23.1 Å². The third-order valence-corrected chi connectivity index (χ3v) is 5.66. The normalized spacial score (nSPS) is 15.8. The zero-order chi connectivity index (χ0) is 24.8. The lowest BCUT2D eigenvalue weighted by Crippen LogP contribution is -2.46. The first-order chi connectivity index (χ1) is 16.2. The van der Waals surface area contributed by atoms with Gasteiger partial charge in [-0.2, -0.15) is 0 Å². The molecule has 2 aromatic carbocycles. The summed E-state index contributed by atoms with van der Waals surface area (Å²) in [5, 5.41) is 17.2. The number of allylic oxidation sites excluding steroid dienone is 1. The fraction of sp³-hybridized carbons (Fsp3) is 0.208. The first kappa shape index (κ1) is 24.6. The molecule has 176 valence electrons. The van der Waals surface area contributed by atoms with Gasteiger partial charge < -0.3 is 20.3 Å². The van der Waals surface area contributed by atoms with Crippen LogP contribution in [0.4, 0.5) is 11.4 Å². The Balaban J connectivity index is 1.79. The summed E-state index contributed by atoms with van der Waals surface area (Å²) >= 11 is 5.40. The standard InChI is InChI=1S/C24H24N4O5S/c1-4-33-23(30)21-15(2)27(3)24(34)26-22(21)17-6-5-7-18(14-17)25-20(29)13-10-16-8-11-19(12-9-16)28(31)32/h5-14,22H,4H2,1-3H3,(H,25,29)(H,26,34)/b13-10+. The minimum atomic E-state index is -0.532. The van der Waals surface area contributed by atoms with Crippen LogP contribution < -0.4 is 10.6 Å². The van der Waals surface area contributed by atoms with Gasteiger partial charge in [-0.3, -0.25) is 14.9 Å². The van der Waals surface area contributed by atoms with Gasteiger partial charge in [0, 0.05) is 36.6 Å². The van der Waals surface area contributed by atoms with Crippen LogP contribution in [0.5, 0.6) is 0 Å². The molecular weight excluding hydrogens is 456 g/mol. The molecule has 2 N–H and O–H groups in total. The van der Waals surface area contributed by atoms with E-state index in [1.807, 2.05) is 6.07 Å². The molecule has 34 heavy (non-hydrogen) atoms. The maximum atomic E-state index is 12.7. The molecule has 3 rings (SSSR count). The van der Waals surface area contributed by atoms with Crippen molar-refractivity contribution in [3.63, 3.8) is 0 Å². The molecule has 1 atom stereocenters. The zero-order valence-electron chi connectivity index (χ0n) is 18.9. The van der Waals surface area contributed by atoms with Crippen molar-refractivity contribution in [1.29, 1.82) is 0 Å². The van der Waals surface area contributed by atoms with Crippen molar-refractivity contribution in [2.45, 2.75) is 19.9 Å². The third-order valence-electron chi connectivity index (χ3n) is 5.27. The lowest BCUT2D eigenvalue weighted by molar-refractivity contribution is -0.384. The molecule has 0 bridgehead atoms. The molecule has 1 aliphatic heterocycles. The van der Waals surface area contributed by atoms with Crippen LogP contribution in [0.2, 0.25) is 0 Å². The topological polar surface area (TPSA) is 114 Å². The van der Waals surface area contributed by atoms with E-state index in [0.717, 1.165) is 5.56 Å². The van der Waals surface area contributed by atoms with Crippen molar-refractivity contribution in [3.05, 3.63) is 87.1 Å². The van der Waals surface area contributed by atoms with E-state index in [-0.39, 0.29) is 18.2 Å². The number of nitrogens with zero attached hydrogens (tertiary/aromatic N) is 2. The number of nitro benzene ring substituents is 1. The summed E-state index contributed by atoms with van der Waals surface area (Å²) < 4.78 is 5.25. The van der Waals surface area contributed by atoms with E-state index >= 15 is 0 Å². The van der Waals surface area contributed by atoms with E-state index in [1.54, 1.807) is 62.2 Å². The van der Waals surface area contributed by atoms with Crippen LogP contribution in [0.15, 0.2) is 65.9 Å². The minimum Gasteiger partial charge on any atom is -0.463 e. The molecule has 2 aromatic rings. The van der Waals surface area contributed by atoms with E-state index in [0.29, 0.717) is 27.6 Å². The number of ether oxygens (including phenoxy) is 1. The highest BCUT2D eigenvalue weighted by atomic mass is 32.1. The summed E-state index contributed by atoms with van der Waals surface area (Å²) in [5.41, 5.74) is 3.02. The third kappa shape index (κ3) is 5.65. The molecule has 0 spiro atoms. The Morgan fingerprint density at radius 1 is 1.26 bits per heavy atom. The second-order valence-electron chi connectivity index (χ2n) is 7.46. The molecule has 9 nitrogen and oxygen atoms in total. The quantitative estimate of drug-likeness (QED) is 0.201. The van der Waals surface area contributed by atoms with Gasteiger partial charge >= 0.3 is 5.97 Å². The lowest BCUT2D eigenvalue weighted by Gasteiger charge is -2.35. The van der Waals surface area contributed by atoms with Crippen LogP contribution in [0.1, 0.15) is 31.0 Å². The van der Waals surface area contributed by atoms with Gasteiger partial charge in [-0.15, -0.1) is 0 Å². The summed E-state index contributed by atoms with van der Waals surface area (Å²) in [6.45, 7) is 3.79. The van der Waals surface area contributed by atoms with E-state index in [4.69, 9.17) is 17.0 Å². The maximum Gasteiger partial charge on any atom is 0.338 e. The lowest BCUT2D eigenvalue weighted by atomic mass is 9.95. The number of hydrogen-bond acceptors (Lipinski definition) is 6. The summed E-state index contributed by atoms with van der Waals surface area (Å²) in [7, 11) is 1.77. The summed E-state index contributed by atoms with van der Waals surface area (Å²) in [6.07, 6.45) is 2.90. The van der Waals surface area contributed by atoms with Gasteiger partial charge in [-0.25, -0.2) is 4.79 Å². The molecule has 1 aliphatic rings. The van der Waals surface area contributed by atoms with Crippen LogP contribution in [-0.2, 0) is 14.3 Å². The summed E-state index contributed by atoms with van der Waals surface area (Å²) in [5.74, 6) is -0.813. The van der Waals surface area contributed by atoms with Crippen LogP contribution in [0.25, 0.3) is 6.08 Å². The van der Waals surface area contributed by atoms with E-state index in [9.17, 15) is 19.7 Å². The second-order valence-corrected chi connectivity index (χ2v) is 7.84. The van der Waals surface area contributed by atoms with E-state index < -0.39 is 16.9 Å². The number of benzene rings is 2. The number of esters is 1. The van der Waals surface area contributed by atoms with Gasteiger partial charge in [-0.1, -0.05) is 12.1 Å². The molecule has 1 unspecified atom stereocenters. The number of thiocarbonyl (C=S) groups is 1. The summed E-state index contributed by atoms with van der Waals surface area (Å²) in [4.78, 5) is 37.1. The SMILES string of the molecule is CCOC(=O)C1=C(C)N(C)C(=S)NC1c1cccc(NC(=O)/C=C/c2ccc([N+](=O)[O-])cc2)c1. The van der Waals surface area contributed by atoms with Crippen molar-refractivity contribution in [1.82, 2.24) is 10.2 Å². The number of rotatable bonds is 7. The molecule has 1 amide bonds. The van der Waals surface area contributed by atoms with Crippen LogP contribution in [-0.4, -0.2) is 40.5 Å². The average molecular weight is 481 g/mol. The van der Waals surface area contributed by atoms with E-state index in [1.165, 1.54) is 18.2 Å². The Morgan fingerprint density at radius 3 is 2.62 bits per heavy atom. The number of hydrogen-bond donors (Lipinski definition) is 2. The Hall–Kier alpha value is -4.05. The Morgan fingerprint density at radius 2 is 1.97 bits per heavy atom. The number of nitro groups is 1. The predicted molar refractivity (Wildman–Crippen MR) is 133 cm³/mol. The van der Waals surface area contributed by atoms with Crippen molar-refractivity contribution in [3.8, 4) is 0 Å². The monoisotopic (exact) mass is 480 g/mol. The van der Waals surface area contributed by atoms with Crippen LogP contribution in [0.3, 0.4) is 0 Å². The smallest absolute Gasteiger partial charge is 0.338 e. The van der Waals surface area contributed by atoms with E-state index in [2.05, 4.69) is 10.6 Å². The first-order valence-electron chi connectivity index (χ1n) is 10.5. The number of carbonyl (C=O) groups excluding carboxylic acids is 2. The Bertz CT molecular complexity index is 1190. The van der Waals surface area contributed by atoms with Crippen molar-refractivity contribution >= 4 is 46.7 Å². The summed E-state index contributed by atoms with van der Waals surface area (Å²) in [6, 6.07) is 12.4. The van der Waals surface area contributed by atoms with Gasteiger partial charge in [0.2, 0.25) is 5.91 Å². The number of amides is 1. The molecule has 0 radical (unpaired) electrons. The van der Waals surface area contributed by atoms with Gasteiger partial charge in [0.15, 0.2) is 5.11 Å². The number of anilines is 1. The number of nitrogens with one attached hydrogen (secondary N) is 2. The molecule has 0 aliphatic carbocycles. The average Bonchev–Trinajstić information content (AvgIpc) is 2.81. The minimum absolute atomic E-state index is 0.0214. The van der Waals surface area contributed by atoms with Crippen molar-refractivity contribution in [2.24, 2.45) is 0 Å². The highest BCUT2D eigenvalue weighted by Crippen LogP contribution is 2.31. The fourth-order valence-corrected chi connectivity index (χ4v) is 3.67. The van der Waals surface area contributed by atoms with Crippen molar-refractivity contribution in [2.75, 3.05) is 19.0 Å². The zero-order valence-corrected chi connectivity index (χ0v) is 19.7. The highest BCUT2D eigenvalue weighted by molar-refractivity contribution is 7.80. The second kappa shape index (κ2) is 10.7. The van der Waals surface area contributed by atoms with Crippen LogP contribution in [0, 0.1) is 10.1 Å². The maximum absolute atomic E-state index is 12.7. The van der Waals surface area contributed by atoms with Gasteiger partial charge in [0.1, 0.15) is 0 Å². The molecule has 1 heterocycles. The van der Waals surface area contributed by atoms with Crippen LogP contribution >= 0.6 is 12.2 Å².